The molecule has 0 bridgehead atoms. The van der Waals surface area contributed by atoms with Gasteiger partial charge in [0.05, 0.1) is 31.7 Å². The van der Waals surface area contributed by atoms with E-state index >= 15 is 0 Å². The Labute approximate surface area is 222 Å². The largest absolute Gasteiger partial charge is 1.00 e. The van der Waals surface area contributed by atoms with Gasteiger partial charge in [0.25, 0.3) is 0 Å². The first-order chi connectivity index (χ1) is 12.9. The number of aryl methyl sites for hydroxylation is 2. The first-order valence-corrected chi connectivity index (χ1v) is 11.7. The van der Waals surface area contributed by atoms with Crippen LogP contribution in [0.3, 0.4) is 0 Å². The number of anilines is 2. The van der Waals surface area contributed by atoms with E-state index in [1.807, 2.05) is 50.2 Å². The average molecular weight is 472 g/mol. The van der Waals surface area contributed by atoms with Crippen LogP contribution < -0.4 is 69.7 Å². The molecule has 0 saturated carbocycles. The molecule has 0 radical (unpaired) electrons. The summed E-state index contributed by atoms with van der Waals surface area (Å²) in [5.74, 6) is -0.953. The Bertz CT molecular complexity index is 975. The van der Waals surface area contributed by atoms with Gasteiger partial charge in [0.15, 0.2) is 0 Å². The van der Waals surface area contributed by atoms with Gasteiger partial charge in [0, 0.05) is 24.5 Å². The number of hydrogen-bond acceptors (Lipinski definition) is 8. The number of nitrogens with one attached hydrogen (secondary N) is 2. The molecule has 0 aliphatic rings. The van der Waals surface area contributed by atoms with Crippen LogP contribution in [-0.4, -0.2) is 50.5 Å². The number of benzene rings is 2. The molecule has 0 atom stereocenters. The van der Waals surface area contributed by atoms with Gasteiger partial charge in [0.2, 0.25) is 0 Å². The van der Waals surface area contributed by atoms with Crippen molar-refractivity contribution in [2.24, 2.45) is 0 Å². The SMILES string of the molecule is Cc1cc(-c2ccc(NCCS(=O)(=O)[O-])c(C)c2)ccc1NCCS(=O)(=O)[O-].[Na+].[Na+]. The Morgan fingerprint density at radius 1 is 0.700 bits per heavy atom. The summed E-state index contributed by atoms with van der Waals surface area (Å²) in [4.78, 5) is 0. The van der Waals surface area contributed by atoms with Crippen molar-refractivity contribution in [3.05, 3.63) is 47.5 Å². The topological polar surface area (TPSA) is 138 Å². The van der Waals surface area contributed by atoms with Crippen molar-refractivity contribution in [1.82, 2.24) is 0 Å². The maximum Gasteiger partial charge on any atom is 1.00 e. The van der Waals surface area contributed by atoms with E-state index in [9.17, 15) is 25.9 Å². The third-order valence-electron chi connectivity index (χ3n) is 4.12. The zero-order valence-electron chi connectivity index (χ0n) is 17.6. The Morgan fingerprint density at radius 2 is 1.03 bits per heavy atom. The van der Waals surface area contributed by atoms with Crippen LogP contribution in [0, 0.1) is 13.8 Å². The van der Waals surface area contributed by atoms with Gasteiger partial charge in [0.1, 0.15) is 0 Å². The molecule has 2 N–H and O–H groups in total. The second kappa shape index (κ2) is 12.8. The third kappa shape index (κ3) is 10.4. The molecule has 0 spiro atoms. The van der Waals surface area contributed by atoms with E-state index in [1.54, 1.807) is 0 Å². The zero-order chi connectivity index (χ0) is 20.9. The number of hydrogen-bond donors (Lipinski definition) is 2. The van der Waals surface area contributed by atoms with Crippen LogP contribution in [0.15, 0.2) is 36.4 Å². The first-order valence-electron chi connectivity index (χ1n) is 8.51. The molecule has 0 heterocycles. The summed E-state index contributed by atoms with van der Waals surface area (Å²) in [7, 11) is -8.50. The van der Waals surface area contributed by atoms with Gasteiger partial charge in [-0.25, -0.2) is 16.8 Å². The van der Waals surface area contributed by atoms with Crippen LogP contribution in [0.5, 0.6) is 0 Å². The van der Waals surface area contributed by atoms with Crippen LogP contribution >= 0.6 is 0 Å². The summed E-state index contributed by atoms with van der Waals surface area (Å²) in [5, 5.41) is 5.88. The molecular weight excluding hydrogens is 450 g/mol. The van der Waals surface area contributed by atoms with Crippen molar-refractivity contribution in [2.75, 3.05) is 35.2 Å². The van der Waals surface area contributed by atoms with Crippen LogP contribution in [0.4, 0.5) is 11.4 Å². The van der Waals surface area contributed by atoms with Crippen LogP contribution in [0.25, 0.3) is 11.1 Å². The summed E-state index contributed by atoms with van der Waals surface area (Å²) in [6.07, 6.45) is 0. The predicted molar refractivity (Wildman–Crippen MR) is 107 cm³/mol. The number of rotatable bonds is 9. The minimum atomic E-state index is -4.25. The van der Waals surface area contributed by atoms with Crippen molar-refractivity contribution < 1.29 is 85.1 Å². The van der Waals surface area contributed by atoms with Crippen molar-refractivity contribution in [3.63, 3.8) is 0 Å². The molecule has 2 aromatic rings. The van der Waals surface area contributed by atoms with Gasteiger partial charge in [-0.05, 0) is 60.4 Å². The molecule has 0 aromatic heterocycles. The van der Waals surface area contributed by atoms with E-state index in [2.05, 4.69) is 10.6 Å². The maximum atomic E-state index is 10.7. The zero-order valence-corrected chi connectivity index (χ0v) is 23.2. The summed E-state index contributed by atoms with van der Waals surface area (Å²) in [5.41, 5.74) is 5.22. The Balaban J connectivity index is 0.00000420. The van der Waals surface area contributed by atoms with E-state index in [0.29, 0.717) is 0 Å². The fraction of sp³-hybridized carbons (Fsp3) is 0.333. The summed E-state index contributed by atoms with van der Waals surface area (Å²) in [6.45, 7) is 3.85. The minimum Gasteiger partial charge on any atom is -0.748 e. The van der Waals surface area contributed by atoms with Crippen molar-refractivity contribution >= 4 is 31.6 Å². The fourth-order valence-corrected chi connectivity index (χ4v) is 3.41. The van der Waals surface area contributed by atoms with Crippen molar-refractivity contribution in [1.29, 1.82) is 0 Å². The Morgan fingerprint density at radius 3 is 1.30 bits per heavy atom. The van der Waals surface area contributed by atoms with Gasteiger partial charge >= 0.3 is 59.1 Å². The quantitative estimate of drug-likeness (QED) is 0.277. The normalized spacial score (nSPS) is 11.2. The first kappa shape index (κ1) is 29.9. The van der Waals surface area contributed by atoms with E-state index in [4.69, 9.17) is 0 Å². The maximum absolute atomic E-state index is 10.7. The van der Waals surface area contributed by atoms with E-state index < -0.39 is 31.7 Å². The Hall–Kier alpha value is -0.140. The average Bonchev–Trinajstić information content (AvgIpc) is 2.55. The second-order valence-electron chi connectivity index (χ2n) is 6.44. The van der Waals surface area contributed by atoms with Crippen molar-refractivity contribution in [3.8, 4) is 11.1 Å². The molecular formula is C18H22N2Na2O6S2. The molecule has 2 rings (SSSR count). The van der Waals surface area contributed by atoms with Crippen LogP contribution in [0.1, 0.15) is 11.1 Å². The molecule has 8 nitrogen and oxygen atoms in total. The van der Waals surface area contributed by atoms with Crippen LogP contribution in [0.2, 0.25) is 0 Å². The summed E-state index contributed by atoms with van der Waals surface area (Å²) in [6, 6.07) is 11.3. The fourth-order valence-electron chi connectivity index (χ4n) is 2.70. The predicted octanol–water partition coefficient (Wildman–Crippen LogP) is -4.11. The molecule has 0 unspecified atom stereocenters. The van der Waals surface area contributed by atoms with Gasteiger partial charge < -0.3 is 19.7 Å². The van der Waals surface area contributed by atoms with Crippen LogP contribution in [-0.2, 0) is 20.2 Å². The molecule has 0 aliphatic heterocycles. The smallest absolute Gasteiger partial charge is 0.748 e. The van der Waals surface area contributed by atoms with Gasteiger partial charge in [-0.2, -0.15) is 0 Å². The van der Waals surface area contributed by atoms with Gasteiger partial charge in [-0.1, -0.05) is 12.1 Å². The van der Waals surface area contributed by atoms with Gasteiger partial charge in [-0.15, -0.1) is 0 Å². The summed E-state index contributed by atoms with van der Waals surface area (Å²) < 4.78 is 64.0. The van der Waals surface area contributed by atoms with Crippen molar-refractivity contribution in [2.45, 2.75) is 13.8 Å². The minimum absolute atomic E-state index is 0. The van der Waals surface area contributed by atoms with E-state index in [-0.39, 0.29) is 72.2 Å². The molecule has 30 heavy (non-hydrogen) atoms. The summed E-state index contributed by atoms with van der Waals surface area (Å²) >= 11 is 0. The molecule has 0 fully saturated rings. The molecule has 2 aromatic carbocycles. The molecule has 12 heteroatoms. The van der Waals surface area contributed by atoms with E-state index in [1.165, 1.54) is 0 Å². The molecule has 154 valence electrons. The monoisotopic (exact) mass is 472 g/mol. The molecule has 0 aliphatic carbocycles. The van der Waals surface area contributed by atoms with E-state index in [0.717, 1.165) is 33.6 Å². The van der Waals surface area contributed by atoms with Gasteiger partial charge in [-0.3, -0.25) is 0 Å². The Kier molecular flexibility index (Phi) is 12.7. The standard InChI is InChI=1S/C18H24N2O6S2.2Na/c1-13-11-15(3-5-17(13)19-7-9-27(21,22)23)16-4-6-18(14(2)12-16)20-8-10-28(24,25)26;;/h3-6,11-12,19-20H,7-10H2,1-2H3,(H,21,22,23)(H,24,25,26);;/q;2*+1/p-2. The molecule has 0 saturated heterocycles. The second-order valence-corrected chi connectivity index (χ2v) is 9.48. The third-order valence-corrected chi connectivity index (χ3v) is 5.53. The molecule has 0 amide bonds.